The topological polar surface area (TPSA) is 54.2 Å². The summed E-state index contributed by atoms with van der Waals surface area (Å²) < 4.78 is 2.29. The molecule has 1 unspecified atom stereocenters. The first-order valence-corrected chi connectivity index (χ1v) is 8.87. The molecule has 3 rings (SSSR count). The van der Waals surface area contributed by atoms with Crippen LogP contribution < -0.4 is 0 Å². The van der Waals surface area contributed by atoms with Crippen LogP contribution in [0.5, 0.6) is 0 Å². The van der Waals surface area contributed by atoms with E-state index in [0.717, 1.165) is 36.4 Å². The van der Waals surface area contributed by atoms with Crippen LogP contribution in [0.25, 0.3) is 11.2 Å². The molecular weight excluding hydrogens is 288 g/mol. The van der Waals surface area contributed by atoms with Crippen LogP contribution in [0.3, 0.4) is 0 Å². The van der Waals surface area contributed by atoms with Crippen molar-refractivity contribution in [1.29, 1.82) is 0 Å². The summed E-state index contributed by atoms with van der Waals surface area (Å²) in [5, 5.41) is 9.17. The highest BCUT2D eigenvalue weighted by Crippen LogP contribution is 2.24. The Balaban J connectivity index is 1.90. The summed E-state index contributed by atoms with van der Waals surface area (Å²) in [7, 11) is 0. The molecule has 0 aromatic carbocycles. The maximum atomic E-state index is 9.17. The number of pyridine rings is 1. The first-order valence-electron chi connectivity index (χ1n) is 8.87. The molecule has 1 atom stereocenters. The zero-order valence-electron chi connectivity index (χ0n) is 14.3. The molecule has 1 N–H and O–H groups in total. The first-order chi connectivity index (χ1) is 11.2. The Bertz CT molecular complexity index is 637. The van der Waals surface area contributed by atoms with Crippen LogP contribution in [0.1, 0.15) is 45.4 Å². The molecular formula is C18H28N4O. The highest BCUT2D eigenvalue weighted by molar-refractivity contribution is 5.71. The van der Waals surface area contributed by atoms with Gasteiger partial charge in [-0.2, -0.15) is 0 Å². The second-order valence-electron chi connectivity index (χ2n) is 6.79. The Morgan fingerprint density at radius 1 is 1.35 bits per heavy atom. The number of nitrogens with zero attached hydrogens (tertiary/aromatic N) is 4. The first kappa shape index (κ1) is 16.4. The molecule has 0 spiro atoms. The van der Waals surface area contributed by atoms with Crippen molar-refractivity contribution in [2.45, 2.75) is 64.6 Å². The number of aromatic nitrogens is 3. The molecule has 0 saturated carbocycles. The van der Waals surface area contributed by atoms with Crippen LogP contribution in [0, 0.1) is 0 Å². The van der Waals surface area contributed by atoms with Gasteiger partial charge in [0.2, 0.25) is 0 Å². The van der Waals surface area contributed by atoms with Gasteiger partial charge in [-0.15, -0.1) is 0 Å². The average molecular weight is 316 g/mol. The third-order valence-electron chi connectivity index (χ3n) is 4.87. The lowest BCUT2D eigenvalue weighted by Gasteiger charge is -2.39. The van der Waals surface area contributed by atoms with Crippen molar-refractivity contribution in [2.75, 3.05) is 13.2 Å². The third-order valence-corrected chi connectivity index (χ3v) is 4.87. The van der Waals surface area contributed by atoms with Gasteiger partial charge < -0.3 is 9.67 Å². The minimum Gasteiger partial charge on any atom is -0.396 e. The predicted molar refractivity (Wildman–Crippen MR) is 92.4 cm³/mol. The molecule has 2 aromatic heterocycles. The van der Waals surface area contributed by atoms with Crippen LogP contribution in [0.2, 0.25) is 0 Å². The summed E-state index contributed by atoms with van der Waals surface area (Å²) in [6.07, 6.45) is 7.25. The second kappa shape index (κ2) is 7.41. The molecule has 3 heterocycles. The number of piperidine rings is 1. The highest BCUT2D eigenvalue weighted by Gasteiger charge is 2.26. The molecule has 0 amide bonds. The molecule has 5 heteroatoms. The molecule has 1 aliphatic heterocycles. The number of rotatable bonds is 6. The average Bonchev–Trinajstić information content (AvgIpc) is 2.91. The second-order valence-corrected chi connectivity index (χ2v) is 6.79. The van der Waals surface area contributed by atoms with Crippen LogP contribution >= 0.6 is 0 Å². The zero-order chi connectivity index (χ0) is 16.2. The number of aliphatic hydroxyl groups excluding tert-OH is 1. The number of aryl methyl sites for hydroxylation is 1. The molecule has 1 saturated heterocycles. The number of likely N-dealkylation sites (tertiary alicyclic amines) is 1. The van der Waals surface area contributed by atoms with Crippen LogP contribution in [-0.2, 0) is 13.0 Å². The fraction of sp³-hybridized carbons (Fsp3) is 0.667. The fourth-order valence-electron chi connectivity index (χ4n) is 3.73. The van der Waals surface area contributed by atoms with E-state index in [0.29, 0.717) is 12.1 Å². The van der Waals surface area contributed by atoms with Gasteiger partial charge in [0.1, 0.15) is 11.3 Å². The largest absolute Gasteiger partial charge is 0.396 e. The lowest BCUT2D eigenvalue weighted by Crippen LogP contribution is -2.46. The number of hydrogen-bond donors (Lipinski definition) is 1. The number of fused-ring (bicyclic) bond motifs is 1. The molecule has 126 valence electrons. The lowest BCUT2D eigenvalue weighted by molar-refractivity contribution is 0.0992. The third kappa shape index (κ3) is 3.56. The van der Waals surface area contributed by atoms with Crippen molar-refractivity contribution in [3.8, 4) is 0 Å². The normalized spacial score (nSPS) is 19.7. The zero-order valence-corrected chi connectivity index (χ0v) is 14.3. The predicted octanol–water partition coefficient (Wildman–Crippen LogP) is 2.62. The van der Waals surface area contributed by atoms with E-state index in [1.54, 1.807) is 0 Å². The van der Waals surface area contributed by atoms with Crippen LogP contribution in [0.15, 0.2) is 18.3 Å². The van der Waals surface area contributed by atoms with Crippen molar-refractivity contribution in [2.24, 2.45) is 0 Å². The van der Waals surface area contributed by atoms with E-state index >= 15 is 0 Å². The Kier molecular flexibility index (Phi) is 5.28. The van der Waals surface area contributed by atoms with Crippen LogP contribution in [0.4, 0.5) is 0 Å². The molecule has 2 aromatic rings. The van der Waals surface area contributed by atoms with Gasteiger partial charge in [0, 0.05) is 37.9 Å². The van der Waals surface area contributed by atoms with Crippen molar-refractivity contribution in [3.63, 3.8) is 0 Å². The molecule has 0 aliphatic carbocycles. The quantitative estimate of drug-likeness (QED) is 0.890. The van der Waals surface area contributed by atoms with Crippen molar-refractivity contribution >= 4 is 11.2 Å². The van der Waals surface area contributed by atoms with Gasteiger partial charge >= 0.3 is 0 Å². The van der Waals surface area contributed by atoms with Crippen molar-refractivity contribution in [3.05, 3.63) is 24.2 Å². The van der Waals surface area contributed by atoms with E-state index in [2.05, 4.69) is 28.3 Å². The van der Waals surface area contributed by atoms with Gasteiger partial charge in [0.15, 0.2) is 5.65 Å². The minimum absolute atomic E-state index is 0.207. The van der Waals surface area contributed by atoms with Gasteiger partial charge in [0.05, 0.1) is 0 Å². The van der Waals surface area contributed by atoms with Gasteiger partial charge in [-0.3, -0.25) is 4.90 Å². The smallest absolute Gasteiger partial charge is 0.160 e. The monoisotopic (exact) mass is 316 g/mol. The van der Waals surface area contributed by atoms with Crippen molar-refractivity contribution < 1.29 is 5.11 Å². The van der Waals surface area contributed by atoms with Gasteiger partial charge in [-0.25, -0.2) is 9.97 Å². The molecule has 23 heavy (non-hydrogen) atoms. The van der Waals surface area contributed by atoms with E-state index in [1.165, 1.54) is 25.8 Å². The fourth-order valence-corrected chi connectivity index (χ4v) is 3.73. The number of imidazole rings is 1. The van der Waals surface area contributed by atoms with E-state index in [1.807, 2.05) is 18.3 Å². The van der Waals surface area contributed by atoms with Crippen LogP contribution in [-0.4, -0.2) is 49.8 Å². The van der Waals surface area contributed by atoms with E-state index in [9.17, 15) is 0 Å². The molecule has 1 fully saturated rings. The summed E-state index contributed by atoms with van der Waals surface area (Å²) in [4.78, 5) is 11.9. The Morgan fingerprint density at radius 2 is 2.22 bits per heavy atom. The standard InChI is InChI=1S/C18H28N4O/c1-14(2)21-11-4-3-7-15(21)13-22-17(9-6-12-23)20-16-8-5-10-19-18(16)22/h5,8,10,14-15,23H,3-4,6-7,9,11-13H2,1-2H3. The number of aliphatic hydroxyl groups is 1. The van der Waals surface area contributed by atoms with Gasteiger partial charge in [-0.1, -0.05) is 6.42 Å². The summed E-state index contributed by atoms with van der Waals surface area (Å²) in [6.45, 7) is 6.92. The van der Waals surface area contributed by atoms with Gasteiger partial charge in [-0.05, 0) is 51.8 Å². The van der Waals surface area contributed by atoms with E-state index < -0.39 is 0 Å². The summed E-state index contributed by atoms with van der Waals surface area (Å²) in [5.41, 5.74) is 1.95. The van der Waals surface area contributed by atoms with E-state index in [4.69, 9.17) is 10.1 Å². The highest BCUT2D eigenvalue weighted by atomic mass is 16.2. The molecule has 1 aliphatic rings. The SMILES string of the molecule is CC(C)N1CCCCC1Cn1c(CCCO)nc2cccnc21. The Labute approximate surface area is 138 Å². The summed E-state index contributed by atoms with van der Waals surface area (Å²) in [5.74, 6) is 1.06. The Hall–Kier alpha value is -1.46. The minimum atomic E-state index is 0.207. The van der Waals surface area contributed by atoms with E-state index in [-0.39, 0.29) is 6.61 Å². The maximum absolute atomic E-state index is 9.17. The summed E-state index contributed by atoms with van der Waals surface area (Å²) >= 11 is 0. The Morgan fingerprint density at radius 3 is 3.00 bits per heavy atom. The van der Waals surface area contributed by atoms with Gasteiger partial charge in [0.25, 0.3) is 0 Å². The molecule has 5 nitrogen and oxygen atoms in total. The number of hydrogen-bond acceptors (Lipinski definition) is 4. The summed E-state index contributed by atoms with van der Waals surface area (Å²) in [6, 6.07) is 5.10. The van der Waals surface area contributed by atoms with Crippen molar-refractivity contribution in [1.82, 2.24) is 19.4 Å². The maximum Gasteiger partial charge on any atom is 0.160 e. The molecule has 0 bridgehead atoms. The molecule has 0 radical (unpaired) electrons. The lowest BCUT2D eigenvalue weighted by atomic mass is 10.00.